The van der Waals surface area contributed by atoms with Crippen LogP contribution in [0.2, 0.25) is 5.02 Å². The van der Waals surface area contributed by atoms with Crippen molar-refractivity contribution in [2.24, 2.45) is 0 Å². The van der Waals surface area contributed by atoms with Gasteiger partial charge in [0.1, 0.15) is 5.75 Å². The van der Waals surface area contributed by atoms with Crippen LogP contribution in [0, 0.1) is 6.92 Å². The molecule has 0 spiro atoms. The van der Waals surface area contributed by atoms with Crippen molar-refractivity contribution in [3.05, 3.63) is 28.9 Å². The second-order valence-electron chi connectivity index (χ2n) is 2.84. The Bertz CT molecular complexity index is 433. The Kier molecular flexibility index (Phi) is 1.51. The first kappa shape index (κ1) is 7.50. The van der Waals surface area contributed by atoms with Gasteiger partial charge in [0.25, 0.3) is 0 Å². The average Bonchev–Trinajstić information content (AvgIpc) is 2.29. The fourth-order valence-corrected chi connectivity index (χ4v) is 1.59. The summed E-state index contributed by atoms with van der Waals surface area (Å²) in [5.41, 5.74) is 1.92. The van der Waals surface area contributed by atoms with Crippen molar-refractivity contribution in [1.29, 1.82) is 0 Å². The molecule has 0 saturated carbocycles. The summed E-state index contributed by atoms with van der Waals surface area (Å²) in [6.07, 6.45) is 0. The minimum absolute atomic E-state index is 0.200. The zero-order valence-electron chi connectivity index (χ0n) is 6.56. The van der Waals surface area contributed by atoms with Gasteiger partial charge in [0.05, 0.1) is 10.5 Å². The van der Waals surface area contributed by atoms with Gasteiger partial charge >= 0.3 is 0 Å². The van der Waals surface area contributed by atoms with E-state index in [-0.39, 0.29) is 5.75 Å². The lowest BCUT2D eigenvalue weighted by Crippen LogP contribution is -1.71. The highest BCUT2D eigenvalue weighted by Crippen LogP contribution is 2.28. The van der Waals surface area contributed by atoms with Crippen LogP contribution in [0.15, 0.2) is 18.2 Å². The van der Waals surface area contributed by atoms with E-state index in [0.717, 1.165) is 16.6 Å². The van der Waals surface area contributed by atoms with Crippen molar-refractivity contribution >= 4 is 22.5 Å². The predicted molar refractivity (Wildman–Crippen MR) is 49.7 cm³/mol. The number of halogens is 1. The second kappa shape index (κ2) is 2.42. The van der Waals surface area contributed by atoms with Crippen LogP contribution >= 0.6 is 11.6 Å². The van der Waals surface area contributed by atoms with E-state index in [4.69, 9.17) is 11.6 Å². The van der Waals surface area contributed by atoms with Gasteiger partial charge in [-0.25, -0.2) is 0 Å². The van der Waals surface area contributed by atoms with E-state index in [1.165, 1.54) is 6.07 Å². The molecular formula is C9H8ClNO. The zero-order chi connectivity index (χ0) is 8.72. The van der Waals surface area contributed by atoms with Gasteiger partial charge in [-0.2, -0.15) is 0 Å². The highest BCUT2D eigenvalue weighted by atomic mass is 35.5. The first-order chi connectivity index (χ1) is 5.66. The van der Waals surface area contributed by atoms with Crippen molar-refractivity contribution in [3.8, 4) is 5.75 Å². The third kappa shape index (κ3) is 1.04. The number of rotatable bonds is 0. The van der Waals surface area contributed by atoms with Gasteiger partial charge in [0.2, 0.25) is 0 Å². The highest BCUT2D eigenvalue weighted by Gasteiger charge is 2.03. The van der Waals surface area contributed by atoms with Gasteiger partial charge in [-0.05, 0) is 19.1 Å². The largest absolute Gasteiger partial charge is 0.508 e. The minimum atomic E-state index is 0.200. The van der Waals surface area contributed by atoms with E-state index >= 15 is 0 Å². The van der Waals surface area contributed by atoms with Crippen LogP contribution < -0.4 is 0 Å². The molecule has 62 valence electrons. The number of aromatic amines is 1. The summed E-state index contributed by atoms with van der Waals surface area (Å²) in [4.78, 5) is 3.11. The Balaban J connectivity index is 2.88. The molecule has 0 aliphatic rings. The molecule has 1 heterocycles. The van der Waals surface area contributed by atoms with Crippen molar-refractivity contribution in [2.45, 2.75) is 6.92 Å². The lowest BCUT2D eigenvalue weighted by Gasteiger charge is -1.94. The van der Waals surface area contributed by atoms with Crippen LogP contribution in [0.5, 0.6) is 5.75 Å². The van der Waals surface area contributed by atoms with Crippen molar-refractivity contribution in [3.63, 3.8) is 0 Å². The van der Waals surface area contributed by atoms with Crippen LogP contribution in [0.4, 0.5) is 0 Å². The van der Waals surface area contributed by atoms with Gasteiger partial charge in [-0.1, -0.05) is 11.6 Å². The molecule has 0 aliphatic carbocycles. The number of hydrogen-bond donors (Lipinski definition) is 2. The van der Waals surface area contributed by atoms with Gasteiger partial charge < -0.3 is 10.1 Å². The molecule has 0 amide bonds. The molecule has 0 fully saturated rings. The number of aromatic hydroxyl groups is 1. The number of phenols is 1. The molecule has 2 rings (SSSR count). The lowest BCUT2D eigenvalue weighted by molar-refractivity contribution is 0.476. The third-order valence-electron chi connectivity index (χ3n) is 1.80. The Morgan fingerprint density at radius 1 is 1.33 bits per heavy atom. The molecule has 2 N–H and O–H groups in total. The predicted octanol–water partition coefficient (Wildman–Crippen LogP) is 2.84. The van der Waals surface area contributed by atoms with E-state index in [9.17, 15) is 5.11 Å². The van der Waals surface area contributed by atoms with E-state index in [1.807, 2.05) is 13.0 Å². The molecule has 2 aromatic rings. The average molecular weight is 182 g/mol. The van der Waals surface area contributed by atoms with Crippen molar-refractivity contribution in [2.75, 3.05) is 0 Å². The molecular weight excluding hydrogens is 174 g/mol. The van der Waals surface area contributed by atoms with Crippen molar-refractivity contribution < 1.29 is 5.11 Å². The Morgan fingerprint density at radius 2 is 2.08 bits per heavy atom. The van der Waals surface area contributed by atoms with Gasteiger partial charge in [0, 0.05) is 17.1 Å². The maximum absolute atomic E-state index is 9.22. The van der Waals surface area contributed by atoms with E-state index < -0.39 is 0 Å². The van der Waals surface area contributed by atoms with Crippen molar-refractivity contribution in [1.82, 2.24) is 4.98 Å². The maximum Gasteiger partial charge on any atom is 0.117 e. The maximum atomic E-state index is 9.22. The summed E-state index contributed by atoms with van der Waals surface area (Å²) in [6.45, 7) is 1.95. The number of nitrogens with one attached hydrogen (secondary N) is 1. The molecule has 1 aromatic heterocycles. The Hall–Kier alpha value is -1.15. The molecule has 12 heavy (non-hydrogen) atoms. The number of phenolic OH excluding ortho intramolecular Hbond substituents is 1. The van der Waals surface area contributed by atoms with Crippen LogP contribution in [-0.4, -0.2) is 10.1 Å². The minimum Gasteiger partial charge on any atom is -0.508 e. The summed E-state index contributed by atoms with van der Waals surface area (Å²) >= 11 is 5.88. The Morgan fingerprint density at radius 3 is 2.83 bits per heavy atom. The molecule has 2 nitrogen and oxygen atoms in total. The number of aryl methyl sites for hydroxylation is 1. The second-order valence-corrected chi connectivity index (χ2v) is 3.25. The molecule has 0 bridgehead atoms. The SMILES string of the molecule is Cc1cc2cc(O)cc(Cl)c2[nH]1. The zero-order valence-corrected chi connectivity index (χ0v) is 7.31. The Labute approximate surface area is 74.8 Å². The van der Waals surface area contributed by atoms with Gasteiger partial charge in [-0.15, -0.1) is 0 Å². The van der Waals surface area contributed by atoms with Crippen LogP contribution in [0.3, 0.4) is 0 Å². The summed E-state index contributed by atoms with van der Waals surface area (Å²) in [7, 11) is 0. The molecule has 3 heteroatoms. The topological polar surface area (TPSA) is 36.0 Å². The first-order valence-corrected chi connectivity index (χ1v) is 4.02. The van der Waals surface area contributed by atoms with E-state index in [1.54, 1.807) is 6.07 Å². The van der Waals surface area contributed by atoms with Crippen LogP contribution in [0.25, 0.3) is 10.9 Å². The summed E-state index contributed by atoms with van der Waals surface area (Å²) in [6, 6.07) is 5.16. The standard InChI is InChI=1S/C9H8ClNO/c1-5-2-6-3-7(12)4-8(10)9(6)11-5/h2-4,11-12H,1H3. The number of benzene rings is 1. The summed E-state index contributed by atoms with van der Waals surface area (Å²) in [5, 5.41) is 10.7. The smallest absolute Gasteiger partial charge is 0.117 e. The normalized spacial score (nSPS) is 10.8. The van der Waals surface area contributed by atoms with E-state index in [0.29, 0.717) is 5.02 Å². The van der Waals surface area contributed by atoms with Crippen LogP contribution in [-0.2, 0) is 0 Å². The monoisotopic (exact) mass is 181 g/mol. The third-order valence-corrected chi connectivity index (χ3v) is 2.10. The van der Waals surface area contributed by atoms with Crippen LogP contribution in [0.1, 0.15) is 5.69 Å². The molecule has 0 aliphatic heterocycles. The summed E-state index contributed by atoms with van der Waals surface area (Å²) < 4.78 is 0. The highest BCUT2D eigenvalue weighted by molar-refractivity contribution is 6.35. The number of fused-ring (bicyclic) bond motifs is 1. The first-order valence-electron chi connectivity index (χ1n) is 3.64. The van der Waals surface area contributed by atoms with Gasteiger partial charge in [-0.3, -0.25) is 0 Å². The summed E-state index contributed by atoms with van der Waals surface area (Å²) in [5.74, 6) is 0.200. The number of aromatic nitrogens is 1. The molecule has 0 radical (unpaired) electrons. The molecule has 0 saturated heterocycles. The van der Waals surface area contributed by atoms with E-state index in [2.05, 4.69) is 4.98 Å². The number of H-pyrrole nitrogens is 1. The lowest BCUT2D eigenvalue weighted by atomic mass is 10.2. The fraction of sp³-hybridized carbons (Fsp3) is 0.111. The molecule has 0 atom stereocenters. The molecule has 0 unspecified atom stereocenters. The quantitative estimate of drug-likeness (QED) is 0.644. The molecule has 1 aromatic carbocycles. The number of hydrogen-bond acceptors (Lipinski definition) is 1. The van der Waals surface area contributed by atoms with Gasteiger partial charge in [0.15, 0.2) is 0 Å². The fourth-order valence-electron chi connectivity index (χ4n) is 1.33.